The number of urea groups is 1. The Morgan fingerprint density at radius 1 is 1.22 bits per heavy atom. The molecule has 2 aromatic carbocycles. The molecule has 2 aromatic rings. The van der Waals surface area contributed by atoms with Crippen molar-refractivity contribution in [3.8, 4) is 0 Å². The fraction of sp³-hybridized carbons (Fsp3) is 0.208. The van der Waals surface area contributed by atoms with Gasteiger partial charge in [-0.3, -0.25) is 14.6 Å². The second kappa shape index (κ2) is 8.88. The molecule has 4 rings (SSSR count). The topological polar surface area (TPSA) is 91.0 Å². The first-order valence-electron chi connectivity index (χ1n) is 10.3. The van der Waals surface area contributed by atoms with E-state index in [0.29, 0.717) is 23.9 Å². The van der Waals surface area contributed by atoms with Crippen molar-refractivity contribution in [3.05, 3.63) is 89.1 Å². The van der Waals surface area contributed by atoms with Crippen molar-refractivity contribution >= 4 is 35.2 Å². The Morgan fingerprint density at radius 3 is 2.72 bits per heavy atom. The van der Waals surface area contributed by atoms with Gasteiger partial charge in [0.05, 0.1) is 18.5 Å². The summed E-state index contributed by atoms with van der Waals surface area (Å²) in [6.45, 7) is 2.64. The Morgan fingerprint density at radius 2 is 2.00 bits per heavy atom. The molecule has 164 valence electrons. The van der Waals surface area contributed by atoms with Gasteiger partial charge in [-0.2, -0.15) is 0 Å². The molecule has 3 N–H and O–H groups in total. The van der Waals surface area contributed by atoms with Gasteiger partial charge in [0.2, 0.25) is 5.91 Å². The number of anilines is 1. The van der Waals surface area contributed by atoms with Crippen LogP contribution in [0.3, 0.4) is 0 Å². The van der Waals surface area contributed by atoms with Crippen LogP contribution in [0.1, 0.15) is 24.5 Å². The molecule has 0 aromatic heterocycles. The quantitative estimate of drug-likeness (QED) is 0.687. The lowest BCUT2D eigenvalue weighted by atomic mass is 9.87. The third-order valence-electron chi connectivity index (χ3n) is 5.51. The first-order chi connectivity index (χ1) is 15.4. The zero-order chi connectivity index (χ0) is 22.7. The number of rotatable bonds is 4. The highest BCUT2D eigenvalue weighted by atomic mass is 35.5. The Kier molecular flexibility index (Phi) is 6.01. The van der Waals surface area contributed by atoms with Crippen LogP contribution in [0.2, 0.25) is 0 Å². The van der Waals surface area contributed by atoms with Crippen molar-refractivity contribution in [2.75, 3.05) is 11.9 Å². The molecule has 0 saturated heterocycles. The van der Waals surface area contributed by atoms with Gasteiger partial charge in [0.15, 0.2) is 5.96 Å². The summed E-state index contributed by atoms with van der Waals surface area (Å²) in [5, 5.41) is 3.20. The van der Waals surface area contributed by atoms with Gasteiger partial charge in [-0.15, -0.1) is 0 Å². The normalized spacial score (nSPS) is 20.6. The number of nitrogens with one attached hydrogen (secondary N) is 1. The lowest BCUT2D eigenvalue weighted by molar-refractivity contribution is -0.130. The fourth-order valence-electron chi connectivity index (χ4n) is 3.77. The Hall–Kier alpha value is -3.58. The molecule has 0 unspecified atom stereocenters. The molecule has 0 bridgehead atoms. The number of nitrogens with zero attached hydrogens (tertiary/aromatic N) is 3. The molecule has 0 saturated carbocycles. The number of carbonyl (C=O) groups is 2. The van der Waals surface area contributed by atoms with Crippen molar-refractivity contribution in [1.82, 2.24) is 9.80 Å². The van der Waals surface area contributed by atoms with Crippen molar-refractivity contribution in [1.29, 1.82) is 0 Å². The molecule has 2 heterocycles. The maximum atomic E-state index is 13.0. The van der Waals surface area contributed by atoms with E-state index in [4.69, 9.17) is 17.3 Å². The zero-order valence-electron chi connectivity index (χ0n) is 17.7. The van der Waals surface area contributed by atoms with E-state index in [1.165, 1.54) is 9.80 Å². The molecular formula is C24H24ClN5O2. The number of benzene rings is 2. The lowest BCUT2D eigenvalue weighted by Crippen LogP contribution is -2.49. The number of carbonyl (C=O) groups excluding carboxylic acids is 2. The van der Waals surface area contributed by atoms with Gasteiger partial charge in [-0.05, 0) is 36.3 Å². The largest absolute Gasteiger partial charge is 0.369 e. The molecule has 0 radical (unpaired) electrons. The van der Waals surface area contributed by atoms with Crippen LogP contribution in [0.5, 0.6) is 0 Å². The number of allylic oxidation sites excluding steroid dienone is 2. The molecule has 2 aliphatic rings. The highest BCUT2D eigenvalue weighted by Gasteiger charge is 2.37. The van der Waals surface area contributed by atoms with Gasteiger partial charge in [0.25, 0.3) is 0 Å². The molecule has 32 heavy (non-hydrogen) atoms. The van der Waals surface area contributed by atoms with E-state index in [1.807, 2.05) is 61.5 Å². The summed E-state index contributed by atoms with van der Waals surface area (Å²) in [6.07, 6.45) is 5.48. The van der Waals surface area contributed by atoms with Crippen LogP contribution in [-0.4, -0.2) is 34.2 Å². The van der Waals surface area contributed by atoms with Crippen LogP contribution in [-0.2, 0) is 16.9 Å². The van der Waals surface area contributed by atoms with Gasteiger partial charge >= 0.3 is 6.03 Å². The molecule has 2 aliphatic heterocycles. The van der Waals surface area contributed by atoms with Gasteiger partial charge in [0, 0.05) is 12.2 Å². The number of guanidine groups is 1. The summed E-state index contributed by atoms with van der Waals surface area (Å²) >= 11 is 6.12. The van der Waals surface area contributed by atoms with Crippen molar-refractivity contribution in [3.63, 3.8) is 0 Å². The van der Waals surface area contributed by atoms with E-state index in [9.17, 15) is 9.59 Å². The van der Waals surface area contributed by atoms with Crippen LogP contribution >= 0.6 is 11.6 Å². The maximum absolute atomic E-state index is 13.0. The van der Waals surface area contributed by atoms with Crippen molar-refractivity contribution in [2.45, 2.75) is 25.4 Å². The second-order valence-electron chi connectivity index (χ2n) is 7.93. The first kappa shape index (κ1) is 21.6. The number of amides is 3. The number of hydrogen-bond acceptors (Lipinski definition) is 4. The minimum Gasteiger partial charge on any atom is -0.369 e. The monoisotopic (exact) mass is 449 g/mol. The van der Waals surface area contributed by atoms with E-state index in [1.54, 1.807) is 18.2 Å². The van der Waals surface area contributed by atoms with Crippen LogP contribution < -0.4 is 11.1 Å². The minimum absolute atomic E-state index is 0.102. The van der Waals surface area contributed by atoms with Crippen molar-refractivity contribution in [2.24, 2.45) is 10.7 Å². The number of halogens is 1. The van der Waals surface area contributed by atoms with Crippen LogP contribution in [0, 0.1) is 0 Å². The van der Waals surface area contributed by atoms with E-state index >= 15 is 0 Å². The first-order valence-corrected chi connectivity index (χ1v) is 10.6. The fourth-order valence-corrected chi connectivity index (χ4v) is 3.98. The summed E-state index contributed by atoms with van der Waals surface area (Å²) in [7, 11) is 0. The SMILES string of the molecule is C[C@@]1(c2cccc(NC(=O)N3CC=CC=C3Cl)c2)CC(=O)N(Cc2ccccc2)C(N)=N1. The van der Waals surface area contributed by atoms with Gasteiger partial charge in [-0.1, -0.05) is 66.2 Å². The number of aliphatic imine (C=N–C) groups is 1. The predicted octanol–water partition coefficient (Wildman–Crippen LogP) is 4.13. The Balaban J connectivity index is 1.53. The van der Waals surface area contributed by atoms with Crippen molar-refractivity contribution < 1.29 is 9.59 Å². The van der Waals surface area contributed by atoms with Crippen LogP contribution in [0.15, 0.2) is 83.0 Å². The zero-order valence-corrected chi connectivity index (χ0v) is 18.4. The summed E-state index contributed by atoms with van der Waals surface area (Å²) in [5.74, 6) is 0.0781. The standard InChI is InChI=1S/C24H24ClN5O2/c1-24(15-21(31)30(22(26)28-24)16-17-8-3-2-4-9-17)18-10-7-11-19(14-18)27-23(32)29-13-6-5-12-20(29)25/h2-12,14H,13,15-16H2,1H3,(H2,26,28)(H,27,32)/t24-/m0/s1. The highest BCUT2D eigenvalue weighted by Crippen LogP contribution is 2.35. The average molecular weight is 450 g/mol. The molecule has 8 heteroatoms. The summed E-state index contributed by atoms with van der Waals surface area (Å²) < 4.78 is 0. The van der Waals surface area contributed by atoms with E-state index < -0.39 is 5.54 Å². The Bertz CT molecular complexity index is 1130. The van der Waals surface area contributed by atoms with E-state index in [2.05, 4.69) is 10.3 Å². The van der Waals surface area contributed by atoms with Gasteiger partial charge < -0.3 is 11.1 Å². The Labute approximate surface area is 191 Å². The van der Waals surface area contributed by atoms with E-state index in [0.717, 1.165) is 11.1 Å². The molecule has 7 nitrogen and oxygen atoms in total. The second-order valence-corrected chi connectivity index (χ2v) is 8.31. The average Bonchev–Trinajstić information content (AvgIpc) is 2.77. The van der Waals surface area contributed by atoms with Gasteiger partial charge in [0.1, 0.15) is 5.16 Å². The summed E-state index contributed by atoms with van der Waals surface area (Å²) in [4.78, 5) is 33.2. The van der Waals surface area contributed by atoms with Crippen LogP contribution in [0.4, 0.5) is 10.5 Å². The predicted molar refractivity (Wildman–Crippen MR) is 126 cm³/mol. The summed E-state index contributed by atoms with van der Waals surface area (Å²) in [5.41, 5.74) is 7.73. The number of nitrogens with two attached hydrogens (primary N) is 1. The third kappa shape index (κ3) is 4.53. The smallest absolute Gasteiger partial charge is 0.327 e. The molecular weight excluding hydrogens is 426 g/mol. The van der Waals surface area contributed by atoms with Gasteiger partial charge in [-0.25, -0.2) is 9.79 Å². The molecule has 3 amide bonds. The molecule has 0 fully saturated rings. The maximum Gasteiger partial charge on any atom is 0.327 e. The third-order valence-corrected chi connectivity index (χ3v) is 5.84. The minimum atomic E-state index is -0.833. The number of hydrogen-bond donors (Lipinski definition) is 2. The van der Waals surface area contributed by atoms with Crippen LogP contribution in [0.25, 0.3) is 0 Å². The highest BCUT2D eigenvalue weighted by molar-refractivity contribution is 6.30. The molecule has 1 atom stereocenters. The summed E-state index contributed by atoms with van der Waals surface area (Å²) in [6, 6.07) is 16.6. The molecule has 0 aliphatic carbocycles. The van der Waals surface area contributed by atoms with E-state index in [-0.39, 0.29) is 24.3 Å². The molecule has 0 spiro atoms. The lowest BCUT2D eigenvalue weighted by Gasteiger charge is -2.35.